The molecular formula is C26H14N4O2. The third-order valence-corrected chi connectivity index (χ3v) is 5.43. The average molecular weight is 414 g/mol. The number of benzene rings is 3. The van der Waals surface area contributed by atoms with E-state index in [1.165, 1.54) is 12.1 Å². The van der Waals surface area contributed by atoms with Crippen LogP contribution in [-0.2, 0) is 0 Å². The van der Waals surface area contributed by atoms with E-state index >= 15 is 0 Å². The van der Waals surface area contributed by atoms with Crippen LogP contribution in [0.2, 0.25) is 0 Å². The van der Waals surface area contributed by atoms with E-state index in [-0.39, 0.29) is 10.9 Å². The van der Waals surface area contributed by atoms with Gasteiger partial charge in [0.25, 0.3) is 0 Å². The molecule has 5 rings (SSSR count). The first-order valence-electron chi connectivity index (χ1n) is 9.81. The molecule has 2 heterocycles. The highest BCUT2D eigenvalue weighted by atomic mass is 16.1. The third kappa shape index (κ3) is 3.23. The number of rotatable bonds is 2. The van der Waals surface area contributed by atoms with Crippen molar-refractivity contribution in [3.05, 3.63) is 104 Å². The number of hydrogen-bond acceptors (Lipinski definition) is 4. The number of nitriles is 2. The molecule has 0 aliphatic rings. The number of H-pyrrole nitrogens is 2. The molecule has 0 atom stereocenters. The van der Waals surface area contributed by atoms with E-state index < -0.39 is 0 Å². The lowest BCUT2D eigenvalue weighted by Crippen LogP contribution is -2.07. The fourth-order valence-electron chi connectivity index (χ4n) is 3.75. The molecule has 0 bridgehead atoms. The van der Waals surface area contributed by atoms with Crippen molar-refractivity contribution in [3.8, 4) is 34.7 Å². The molecule has 0 aliphatic carbocycles. The molecule has 150 valence electrons. The second kappa shape index (κ2) is 7.39. The summed E-state index contributed by atoms with van der Waals surface area (Å²) in [7, 11) is 0. The lowest BCUT2D eigenvalue weighted by molar-refractivity contribution is 1.36. The van der Waals surface area contributed by atoms with Crippen LogP contribution in [0.5, 0.6) is 0 Å². The van der Waals surface area contributed by atoms with Crippen molar-refractivity contribution < 1.29 is 0 Å². The summed E-state index contributed by atoms with van der Waals surface area (Å²) >= 11 is 0. The van der Waals surface area contributed by atoms with Gasteiger partial charge in [-0.05, 0) is 47.5 Å². The van der Waals surface area contributed by atoms with Crippen molar-refractivity contribution in [2.24, 2.45) is 0 Å². The zero-order chi connectivity index (χ0) is 22.2. The van der Waals surface area contributed by atoms with E-state index in [1.807, 2.05) is 0 Å². The normalized spacial score (nSPS) is 10.7. The van der Waals surface area contributed by atoms with Gasteiger partial charge in [0, 0.05) is 34.3 Å². The van der Waals surface area contributed by atoms with Gasteiger partial charge in [-0.1, -0.05) is 24.3 Å². The van der Waals surface area contributed by atoms with Crippen LogP contribution in [0.25, 0.3) is 44.3 Å². The first-order chi connectivity index (χ1) is 15.6. The monoisotopic (exact) mass is 414 g/mol. The van der Waals surface area contributed by atoms with E-state index in [1.54, 1.807) is 60.7 Å². The number of nitrogens with zero attached hydrogens (tertiary/aromatic N) is 2. The Morgan fingerprint density at radius 1 is 0.562 bits per heavy atom. The van der Waals surface area contributed by atoms with Crippen LogP contribution in [0.1, 0.15) is 11.1 Å². The summed E-state index contributed by atoms with van der Waals surface area (Å²) in [5, 5.41) is 18.9. The highest BCUT2D eigenvalue weighted by Gasteiger charge is 2.10. The van der Waals surface area contributed by atoms with Crippen molar-refractivity contribution in [1.29, 1.82) is 10.5 Å². The van der Waals surface area contributed by atoms with Gasteiger partial charge in [0.1, 0.15) is 0 Å². The lowest BCUT2D eigenvalue weighted by Gasteiger charge is -2.08. The van der Waals surface area contributed by atoms with Gasteiger partial charge in [-0.2, -0.15) is 10.5 Å². The van der Waals surface area contributed by atoms with E-state index in [0.717, 1.165) is 11.1 Å². The number of aromatic nitrogens is 2. The molecule has 0 fully saturated rings. The van der Waals surface area contributed by atoms with Crippen LogP contribution in [0.3, 0.4) is 0 Å². The summed E-state index contributed by atoms with van der Waals surface area (Å²) in [4.78, 5) is 32.2. The maximum Gasteiger partial charge on any atom is 0.190 e. The van der Waals surface area contributed by atoms with E-state index in [9.17, 15) is 9.59 Å². The zero-order valence-corrected chi connectivity index (χ0v) is 16.6. The topological polar surface area (TPSA) is 113 Å². The Kier molecular flexibility index (Phi) is 4.40. The Balaban J connectivity index is 1.67. The molecule has 0 saturated heterocycles. The van der Waals surface area contributed by atoms with E-state index in [2.05, 4.69) is 22.1 Å². The molecule has 2 N–H and O–H groups in total. The molecule has 0 spiro atoms. The Bertz CT molecular complexity index is 1580. The second-order valence-corrected chi connectivity index (χ2v) is 7.42. The van der Waals surface area contributed by atoms with Crippen LogP contribution in [0.15, 0.2) is 82.4 Å². The van der Waals surface area contributed by atoms with Gasteiger partial charge < -0.3 is 9.97 Å². The van der Waals surface area contributed by atoms with E-state index in [4.69, 9.17) is 10.5 Å². The van der Waals surface area contributed by atoms with Gasteiger partial charge in [0.15, 0.2) is 10.9 Å². The van der Waals surface area contributed by atoms with Gasteiger partial charge in [0.05, 0.1) is 34.3 Å². The van der Waals surface area contributed by atoms with Gasteiger partial charge in [-0.3, -0.25) is 9.59 Å². The quantitative estimate of drug-likeness (QED) is 0.416. The molecular weight excluding hydrogens is 400 g/mol. The van der Waals surface area contributed by atoms with Crippen LogP contribution in [0, 0.1) is 22.7 Å². The zero-order valence-electron chi connectivity index (χ0n) is 16.6. The fourth-order valence-corrected chi connectivity index (χ4v) is 3.75. The molecule has 32 heavy (non-hydrogen) atoms. The van der Waals surface area contributed by atoms with Gasteiger partial charge in [-0.15, -0.1) is 0 Å². The first-order valence-corrected chi connectivity index (χ1v) is 9.81. The Labute approximate surface area is 181 Å². The third-order valence-electron chi connectivity index (χ3n) is 5.43. The predicted octanol–water partition coefficient (Wildman–Crippen LogP) is 4.45. The summed E-state index contributed by atoms with van der Waals surface area (Å²) in [6.07, 6.45) is 0. The molecule has 0 saturated carbocycles. The molecule has 0 radical (unpaired) electrons. The molecule has 3 aromatic carbocycles. The molecule has 5 aromatic rings. The van der Waals surface area contributed by atoms with Crippen LogP contribution < -0.4 is 10.9 Å². The first kappa shape index (κ1) is 19.0. The van der Waals surface area contributed by atoms with Crippen molar-refractivity contribution in [2.75, 3.05) is 0 Å². The average Bonchev–Trinajstić information content (AvgIpc) is 2.83. The van der Waals surface area contributed by atoms with Crippen molar-refractivity contribution >= 4 is 21.8 Å². The van der Waals surface area contributed by atoms with Gasteiger partial charge >= 0.3 is 0 Å². The number of nitrogens with one attached hydrogen (secondary N) is 2. The Morgan fingerprint density at radius 2 is 0.938 bits per heavy atom. The number of aromatic amines is 2. The number of hydrogen-bond donors (Lipinski definition) is 2. The minimum absolute atomic E-state index is 0.176. The van der Waals surface area contributed by atoms with Crippen molar-refractivity contribution in [3.63, 3.8) is 0 Å². The minimum Gasteiger partial charge on any atom is -0.354 e. The Hall–Kier alpha value is -4.94. The molecule has 6 heteroatoms. The second-order valence-electron chi connectivity index (χ2n) is 7.42. The maximum absolute atomic E-state index is 12.9. The summed E-state index contributed by atoms with van der Waals surface area (Å²) in [5.41, 5.74) is 4.59. The fraction of sp³-hybridized carbons (Fsp3) is 0. The van der Waals surface area contributed by atoms with Crippen LogP contribution in [-0.4, -0.2) is 9.97 Å². The maximum atomic E-state index is 12.9. The summed E-state index contributed by atoms with van der Waals surface area (Å²) in [5.74, 6) is 0. The van der Waals surface area contributed by atoms with Gasteiger partial charge in [0.2, 0.25) is 0 Å². The molecule has 0 amide bonds. The summed E-state index contributed by atoms with van der Waals surface area (Å²) in [6, 6.07) is 24.4. The molecule has 0 unspecified atom stereocenters. The standard InChI is InChI=1S/C26H14N4O2/c27-13-15-1-5-17(6-2-15)21-11-25(31)19-10-24-20(9-23(19)29-21)26(32)12-22(30-24)18-7-3-16(14-28)4-8-18/h1-12H,(H,29,31)(H,30,32). The lowest BCUT2D eigenvalue weighted by atomic mass is 10.0. The predicted molar refractivity (Wildman–Crippen MR) is 123 cm³/mol. The van der Waals surface area contributed by atoms with Gasteiger partial charge in [-0.25, -0.2) is 0 Å². The van der Waals surface area contributed by atoms with Crippen LogP contribution in [0.4, 0.5) is 0 Å². The Morgan fingerprint density at radius 3 is 1.28 bits per heavy atom. The van der Waals surface area contributed by atoms with Crippen molar-refractivity contribution in [2.45, 2.75) is 0 Å². The minimum atomic E-state index is -0.176. The molecule has 0 aliphatic heterocycles. The summed E-state index contributed by atoms with van der Waals surface area (Å²) in [6.45, 7) is 0. The largest absolute Gasteiger partial charge is 0.354 e. The highest BCUT2D eigenvalue weighted by molar-refractivity contribution is 5.96. The summed E-state index contributed by atoms with van der Waals surface area (Å²) < 4.78 is 0. The smallest absolute Gasteiger partial charge is 0.190 e. The molecule has 2 aromatic heterocycles. The van der Waals surface area contributed by atoms with Crippen LogP contribution >= 0.6 is 0 Å². The number of pyridine rings is 2. The van der Waals surface area contributed by atoms with E-state index in [0.29, 0.717) is 44.3 Å². The SMILES string of the molecule is N#Cc1ccc(-c2cc(=O)c3cc4[nH]c(-c5ccc(C#N)cc5)cc(=O)c4cc3[nH]2)cc1. The van der Waals surface area contributed by atoms with Crippen molar-refractivity contribution in [1.82, 2.24) is 9.97 Å². The number of fused-ring (bicyclic) bond motifs is 2. The highest BCUT2D eigenvalue weighted by Crippen LogP contribution is 2.24. The molecule has 6 nitrogen and oxygen atoms in total.